The molecule has 0 unspecified atom stereocenters. The van der Waals surface area contributed by atoms with Gasteiger partial charge in [0, 0.05) is 31.6 Å². The maximum Gasteiger partial charge on any atom is 0.226 e. The third-order valence-electron chi connectivity index (χ3n) is 4.41. The molecule has 1 saturated heterocycles. The highest BCUT2D eigenvalue weighted by atomic mass is 16.5. The largest absolute Gasteiger partial charge is 0.497 e. The highest BCUT2D eigenvalue weighted by molar-refractivity contribution is 5.83. The Morgan fingerprint density at radius 1 is 1.45 bits per heavy atom. The zero-order valence-electron chi connectivity index (χ0n) is 12.1. The van der Waals surface area contributed by atoms with Gasteiger partial charge in [-0.2, -0.15) is 0 Å². The van der Waals surface area contributed by atoms with Crippen LogP contribution in [0.25, 0.3) is 0 Å². The lowest BCUT2D eigenvalue weighted by atomic mass is 10.1. The average molecular weight is 274 g/mol. The van der Waals surface area contributed by atoms with Gasteiger partial charge in [-0.15, -0.1) is 0 Å². The van der Waals surface area contributed by atoms with Crippen LogP contribution in [0.5, 0.6) is 5.75 Å². The van der Waals surface area contributed by atoms with Gasteiger partial charge in [0.25, 0.3) is 0 Å². The van der Waals surface area contributed by atoms with Gasteiger partial charge in [-0.3, -0.25) is 4.79 Å². The van der Waals surface area contributed by atoms with E-state index < -0.39 is 0 Å². The molecular formula is C16H22N2O2. The van der Waals surface area contributed by atoms with Crippen LogP contribution in [0.1, 0.15) is 24.8 Å². The highest BCUT2D eigenvalue weighted by Crippen LogP contribution is 2.49. The van der Waals surface area contributed by atoms with Crippen LogP contribution in [0.3, 0.4) is 0 Å². The van der Waals surface area contributed by atoms with Crippen LogP contribution in [0.2, 0.25) is 0 Å². The fourth-order valence-electron chi connectivity index (χ4n) is 3.09. The van der Waals surface area contributed by atoms with E-state index in [2.05, 4.69) is 24.4 Å². The molecule has 20 heavy (non-hydrogen) atoms. The van der Waals surface area contributed by atoms with Crippen LogP contribution in [-0.4, -0.2) is 43.6 Å². The fourth-order valence-corrected chi connectivity index (χ4v) is 3.09. The second kappa shape index (κ2) is 5.44. The van der Waals surface area contributed by atoms with Crippen molar-refractivity contribution in [1.82, 2.24) is 10.2 Å². The SMILES string of the molecule is COc1cccc([C@@H]2C[C@@H]2C(=O)N2CCNC[C@H]2C)c1. The molecule has 1 aromatic rings. The number of nitrogens with zero attached hydrogens (tertiary/aromatic N) is 1. The van der Waals surface area contributed by atoms with Gasteiger partial charge < -0.3 is 15.0 Å². The van der Waals surface area contributed by atoms with E-state index in [0.29, 0.717) is 17.9 Å². The van der Waals surface area contributed by atoms with Crippen molar-refractivity contribution in [2.24, 2.45) is 5.92 Å². The smallest absolute Gasteiger partial charge is 0.226 e. The normalized spacial score (nSPS) is 29.1. The van der Waals surface area contributed by atoms with Crippen molar-refractivity contribution < 1.29 is 9.53 Å². The van der Waals surface area contributed by atoms with E-state index in [1.807, 2.05) is 17.0 Å². The van der Waals surface area contributed by atoms with Gasteiger partial charge in [-0.1, -0.05) is 12.1 Å². The summed E-state index contributed by atoms with van der Waals surface area (Å²) in [4.78, 5) is 14.6. The number of amides is 1. The van der Waals surface area contributed by atoms with E-state index in [1.54, 1.807) is 7.11 Å². The number of carbonyl (C=O) groups is 1. The predicted octanol–water partition coefficient (Wildman–Crippen LogP) is 1.62. The number of nitrogens with one attached hydrogen (secondary N) is 1. The molecule has 1 aliphatic heterocycles. The van der Waals surface area contributed by atoms with Crippen LogP contribution in [0.4, 0.5) is 0 Å². The third kappa shape index (κ3) is 2.52. The van der Waals surface area contributed by atoms with Crippen molar-refractivity contribution in [3.05, 3.63) is 29.8 Å². The van der Waals surface area contributed by atoms with Crippen LogP contribution >= 0.6 is 0 Å². The maximum atomic E-state index is 12.6. The molecule has 3 atom stereocenters. The lowest BCUT2D eigenvalue weighted by Gasteiger charge is -2.34. The Kier molecular flexibility index (Phi) is 3.66. The molecule has 1 N–H and O–H groups in total. The minimum atomic E-state index is 0.169. The first-order valence-corrected chi connectivity index (χ1v) is 7.36. The molecule has 4 heteroatoms. The molecule has 108 valence electrons. The minimum absolute atomic E-state index is 0.169. The molecule has 1 amide bonds. The number of piperazine rings is 1. The van der Waals surface area contributed by atoms with Crippen LogP contribution < -0.4 is 10.1 Å². The number of hydrogen-bond donors (Lipinski definition) is 1. The fraction of sp³-hybridized carbons (Fsp3) is 0.562. The lowest BCUT2D eigenvalue weighted by Crippen LogP contribution is -2.52. The number of ether oxygens (including phenoxy) is 1. The molecule has 1 heterocycles. The molecule has 3 rings (SSSR count). The van der Waals surface area contributed by atoms with E-state index >= 15 is 0 Å². The Morgan fingerprint density at radius 3 is 3.05 bits per heavy atom. The molecule has 1 aromatic carbocycles. The second-order valence-corrected chi connectivity index (χ2v) is 5.81. The van der Waals surface area contributed by atoms with Crippen molar-refractivity contribution in [2.45, 2.75) is 25.3 Å². The summed E-state index contributed by atoms with van der Waals surface area (Å²) in [5.74, 6) is 1.74. The zero-order valence-corrected chi connectivity index (χ0v) is 12.1. The van der Waals surface area contributed by atoms with Gasteiger partial charge in [-0.25, -0.2) is 0 Å². The molecule has 2 aliphatic rings. The first-order chi connectivity index (χ1) is 9.70. The number of methoxy groups -OCH3 is 1. The van der Waals surface area contributed by atoms with Crippen molar-refractivity contribution in [3.63, 3.8) is 0 Å². The maximum absolute atomic E-state index is 12.6. The van der Waals surface area contributed by atoms with Gasteiger partial charge in [0.05, 0.1) is 7.11 Å². The van der Waals surface area contributed by atoms with Gasteiger partial charge in [0.2, 0.25) is 5.91 Å². The molecule has 2 fully saturated rings. The van der Waals surface area contributed by atoms with Gasteiger partial charge in [0.1, 0.15) is 5.75 Å². The number of hydrogen-bond acceptors (Lipinski definition) is 3. The summed E-state index contributed by atoms with van der Waals surface area (Å²) in [6.45, 7) is 4.77. The Morgan fingerprint density at radius 2 is 2.30 bits per heavy atom. The van der Waals surface area contributed by atoms with Crippen molar-refractivity contribution >= 4 is 5.91 Å². The quantitative estimate of drug-likeness (QED) is 0.910. The summed E-state index contributed by atoms with van der Waals surface area (Å²) >= 11 is 0. The molecular weight excluding hydrogens is 252 g/mol. The van der Waals surface area contributed by atoms with Gasteiger partial charge in [0.15, 0.2) is 0 Å². The van der Waals surface area contributed by atoms with Crippen LogP contribution in [0.15, 0.2) is 24.3 Å². The molecule has 1 saturated carbocycles. The van der Waals surface area contributed by atoms with E-state index in [-0.39, 0.29) is 5.92 Å². The first-order valence-electron chi connectivity index (χ1n) is 7.36. The summed E-state index contributed by atoms with van der Waals surface area (Å²) < 4.78 is 5.26. The summed E-state index contributed by atoms with van der Waals surface area (Å²) in [6.07, 6.45) is 0.975. The molecule has 4 nitrogen and oxygen atoms in total. The highest BCUT2D eigenvalue weighted by Gasteiger charge is 2.46. The third-order valence-corrected chi connectivity index (χ3v) is 4.41. The summed E-state index contributed by atoms with van der Waals surface area (Å²) in [5.41, 5.74) is 1.23. The number of carbonyl (C=O) groups excluding carboxylic acids is 1. The van der Waals surface area contributed by atoms with Crippen molar-refractivity contribution in [1.29, 1.82) is 0 Å². The molecule has 1 aliphatic carbocycles. The average Bonchev–Trinajstić information content (AvgIpc) is 3.28. The lowest BCUT2D eigenvalue weighted by molar-refractivity contribution is -0.135. The number of benzene rings is 1. The molecule has 0 spiro atoms. The van der Waals surface area contributed by atoms with Crippen molar-refractivity contribution in [3.8, 4) is 5.75 Å². The standard InChI is InChI=1S/C16H22N2O2/c1-11-10-17-6-7-18(11)16(19)15-9-14(15)12-4-3-5-13(8-12)20-2/h3-5,8,11,14-15,17H,6-7,9-10H2,1-2H3/t11-,14+,15+/m1/s1. The zero-order chi connectivity index (χ0) is 14.1. The Hall–Kier alpha value is -1.55. The molecule has 0 aromatic heterocycles. The molecule has 0 radical (unpaired) electrons. The Labute approximate surface area is 120 Å². The predicted molar refractivity (Wildman–Crippen MR) is 77.9 cm³/mol. The van der Waals surface area contributed by atoms with Crippen LogP contribution in [0, 0.1) is 5.92 Å². The second-order valence-electron chi connectivity index (χ2n) is 5.81. The van der Waals surface area contributed by atoms with E-state index in [4.69, 9.17) is 4.74 Å². The summed E-state index contributed by atoms with van der Waals surface area (Å²) in [7, 11) is 1.68. The van der Waals surface area contributed by atoms with Gasteiger partial charge in [-0.05, 0) is 37.0 Å². The Bertz CT molecular complexity index is 503. The minimum Gasteiger partial charge on any atom is -0.497 e. The Balaban J connectivity index is 1.67. The number of rotatable bonds is 3. The van der Waals surface area contributed by atoms with E-state index in [1.165, 1.54) is 5.56 Å². The van der Waals surface area contributed by atoms with Crippen LogP contribution in [-0.2, 0) is 4.79 Å². The summed E-state index contributed by atoms with van der Waals surface area (Å²) in [6, 6.07) is 8.41. The van der Waals surface area contributed by atoms with E-state index in [0.717, 1.165) is 31.8 Å². The molecule has 0 bridgehead atoms. The van der Waals surface area contributed by atoms with Crippen molar-refractivity contribution in [2.75, 3.05) is 26.7 Å². The van der Waals surface area contributed by atoms with E-state index in [9.17, 15) is 4.79 Å². The monoisotopic (exact) mass is 274 g/mol. The first kappa shape index (κ1) is 13.4. The summed E-state index contributed by atoms with van der Waals surface area (Å²) in [5, 5.41) is 3.33. The van der Waals surface area contributed by atoms with Gasteiger partial charge >= 0.3 is 0 Å². The topological polar surface area (TPSA) is 41.6 Å².